The fourth-order valence-corrected chi connectivity index (χ4v) is 9.15. The maximum absolute atomic E-state index is 3.46. The Kier molecular flexibility index (Phi) is 4.70. The van der Waals surface area contributed by atoms with Gasteiger partial charge in [0.05, 0.1) is 4.20 Å². The fraction of sp³-hybridized carbons (Fsp3) is 0.100. The molecule has 0 radical (unpaired) electrons. The molecule has 5 heteroatoms. The molecule has 1 aromatic carbocycles. The fourth-order valence-electron chi connectivity index (χ4n) is 1.17. The summed E-state index contributed by atoms with van der Waals surface area (Å²) < 4.78 is 2.62. The van der Waals surface area contributed by atoms with Crippen LogP contribution in [0, 0.1) is 0 Å². The molecular weight excluding hydrogens is 423 g/mol. The van der Waals surface area contributed by atoms with Gasteiger partial charge in [-0.2, -0.15) is 0 Å². The van der Waals surface area contributed by atoms with E-state index in [1.165, 1.54) is 14.7 Å². The zero-order valence-corrected chi connectivity index (χ0v) is 14.1. The van der Waals surface area contributed by atoms with Gasteiger partial charge in [0.25, 0.3) is 0 Å². The third kappa shape index (κ3) is 3.06. The standard InChI is InChI=1S/C10H8BrIS3/c1-13-10-6-9(14-15(10)12)7-2-4-8(11)5-3-7/h2-6H,1H3. The molecule has 0 N–H and O–H groups in total. The molecular formula is C10H8BrIS3. The molecule has 15 heavy (non-hydrogen) atoms. The zero-order valence-electron chi connectivity index (χ0n) is 7.87. The van der Waals surface area contributed by atoms with Crippen molar-refractivity contribution in [2.75, 3.05) is 6.26 Å². The number of hydrogen-bond acceptors (Lipinski definition) is 2. The Balaban J connectivity index is 2.26. The molecule has 0 aromatic heterocycles. The van der Waals surface area contributed by atoms with E-state index in [4.69, 9.17) is 0 Å². The first-order valence-electron chi connectivity index (χ1n) is 4.18. The van der Waals surface area contributed by atoms with Crippen molar-refractivity contribution in [3.05, 3.63) is 40.4 Å². The van der Waals surface area contributed by atoms with Gasteiger partial charge >= 0.3 is 0 Å². The van der Waals surface area contributed by atoms with E-state index in [1.54, 1.807) is 0 Å². The van der Waals surface area contributed by atoms with E-state index in [1.807, 2.05) is 22.6 Å². The molecule has 1 atom stereocenters. The van der Waals surface area contributed by atoms with Gasteiger partial charge in [0.1, 0.15) is 0 Å². The summed E-state index contributed by atoms with van der Waals surface area (Å²) in [5.41, 5.74) is 1.32. The minimum absolute atomic E-state index is 0.315. The maximum Gasteiger partial charge on any atom is 0.0516 e. The summed E-state index contributed by atoms with van der Waals surface area (Å²) in [6.45, 7) is 0.315. The van der Waals surface area contributed by atoms with Gasteiger partial charge in [-0.1, -0.05) is 38.9 Å². The minimum atomic E-state index is 0.315. The van der Waals surface area contributed by atoms with E-state index in [2.05, 4.69) is 73.7 Å². The molecule has 2 rings (SSSR count). The highest BCUT2D eigenvalue weighted by Gasteiger charge is 2.14. The molecule has 0 nitrogen and oxygen atoms in total. The lowest BCUT2D eigenvalue weighted by Crippen LogP contribution is -1.79. The maximum atomic E-state index is 3.46. The molecule has 1 heterocycles. The molecule has 0 saturated heterocycles. The SMILES string of the molecule is CSC1=S(I)SC(c2ccc(Br)cc2)=C1. The molecule has 80 valence electrons. The van der Waals surface area contributed by atoms with E-state index in [0.717, 1.165) is 4.47 Å². The number of hydrogen-bond donors (Lipinski definition) is 0. The van der Waals surface area contributed by atoms with Gasteiger partial charge in [-0.05, 0) is 36.7 Å². The largest absolute Gasteiger partial charge is 0.122 e. The Labute approximate surface area is 121 Å². The molecule has 1 aliphatic rings. The topological polar surface area (TPSA) is 0 Å². The lowest BCUT2D eigenvalue weighted by Gasteiger charge is -2.01. The van der Waals surface area contributed by atoms with Gasteiger partial charge in [0.15, 0.2) is 0 Å². The lowest BCUT2D eigenvalue weighted by atomic mass is 10.2. The van der Waals surface area contributed by atoms with Gasteiger partial charge in [0, 0.05) is 30.6 Å². The summed E-state index contributed by atoms with van der Waals surface area (Å²) in [4.78, 5) is 1.39. The molecule has 0 fully saturated rings. The summed E-state index contributed by atoms with van der Waals surface area (Å²) in [5, 5.41) is 0. The van der Waals surface area contributed by atoms with Crippen molar-refractivity contribution in [2.24, 2.45) is 0 Å². The van der Waals surface area contributed by atoms with Gasteiger partial charge in [-0.15, -0.1) is 11.8 Å². The van der Waals surface area contributed by atoms with Gasteiger partial charge < -0.3 is 0 Å². The van der Waals surface area contributed by atoms with E-state index < -0.39 is 0 Å². The van der Waals surface area contributed by atoms with Crippen molar-refractivity contribution in [3.8, 4) is 0 Å². The lowest BCUT2D eigenvalue weighted by molar-refractivity contribution is 1.61. The quantitative estimate of drug-likeness (QED) is 0.324. The molecule has 1 aromatic rings. The Hall–Kier alpha value is 1.09. The smallest absolute Gasteiger partial charge is 0.0516 e. The molecule has 0 saturated carbocycles. The van der Waals surface area contributed by atoms with Crippen LogP contribution in [0.1, 0.15) is 5.56 Å². The van der Waals surface area contributed by atoms with Crippen LogP contribution in [0.2, 0.25) is 0 Å². The van der Waals surface area contributed by atoms with Gasteiger partial charge in [0.2, 0.25) is 0 Å². The molecule has 0 bridgehead atoms. The van der Waals surface area contributed by atoms with Crippen LogP contribution in [0.25, 0.3) is 4.91 Å². The highest BCUT2D eigenvalue weighted by molar-refractivity contribution is 14.2. The monoisotopic (exact) mass is 430 g/mol. The Bertz CT molecular complexity index is 436. The van der Waals surface area contributed by atoms with Crippen molar-refractivity contribution in [1.82, 2.24) is 0 Å². The number of benzene rings is 1. The number of thioether (sulfide) groups is 1. The minimum Gasteiger partial charge on any atom is -0.122 e. The molecule has 0 spiro atoms. The van der Waals surface area contributed by atoms with Crippen molar-refractivity contribution < 1.29 is 0 Å². The average molecular weight is 431 g/mol. The summed E-state index contributed by atoms with van der Waals surface area (Å²) in [6.07, 6.45) is 4.46. The van der Waals surface area contributed by atoms with Crippen molar-refractivity contribution >= 4 is 75.5 Å². The van der Waals surface area contributed by atoms with Crippen LogP contribution in [0.5, 0.6) is 0 Å². The van der Waals surface area contributed by atoms with Crippen LogP contribution in [0.4, 0.5) is 0 Å². The van der Waals surface area contributed by atoms with Crippen LogP contribution in [0.3, 0.4) is 0 Å². The second kappa shape index (κ2) is 5.62. The third-order valence-corrected chi connectivity index (χ3v) is 10.8. The van der Waals surface area contributed by atoms with Gasteiger partial charge in [-0.25, -0.2) is 0 Å². The Morgan fingerprint density at radius 2 is 2.00 bits per heavy atom. The Morgan fingerprint density at radius 3 is 2.53 bits per heavy atom. The van der Waals surface area contributed by atoms with Crippen LogP contribution in [-0.2, 0) is 0 Å². The van der Waals surface area contributed by atoms with Crippen LogP contribution in [0.15, 0.2) is 34.8 Å². The zero-order chi connectivity index (χ0) is 10.8. The van der Waals surface area contributed by atoms with Crippen LogP contribution >= 0.6 is 66.4 Å². The first-order chi connectivity index (χ1) is 7.20. The predicted octanol–water partition coefficient (Wildman–Crippen LogP) is 5.56. The first kappa shape index (κ1) is 12.5. The summed E-state index contributed by atoms with van der Waals surface area (Å²) in [7, 11) is 1.96. The molecule has 1 unspecified atom stereocenters. The van der Waals surface area contributed by atoms with E-state index >= 15 is 0 Å². The average Bonchev–Trinajstić information content (AvgIpc) is 2.61. The second-order valence-corrected chi connectivity index (χ2v) is 12.3. The van der Waals surface area contributed by atoms with Crippen molar-refractivity contribution in [2.45, 2.75) is 0 Å². The predicted molar refractivity (Wildman–Crippen MR) is 89.8 cm³/mol. The van der Waals surface area contributed by atoms with E-state index in [0.29, 0.717) is 6.69 Å². The highest BCUT2D eigenvalue weighted by atomic mass is 127. The third-order valence-electron chi connectivity index (χ3n) is 1.90. The summed E-state index contributed by atoms with van der Waals surface area (Å²) in [5.74, 6) is 0. The van der Waals surface area contributed by atoms with Crippen LogP contribution < -0.4 is 0 Å². The second-order valence-electron chi connectivity index (χ2n) is 2.85. The molecule has 1 aliphatic heterocycles. The normalized spacial score (nSPS) is 20.6. The van der Waals surface area contributed by atoms with Crippen molar-refractivity contribution in [1.29, 1.82) is 0 Å². The van der Waals surface area contributed by atoms with E-state index in [9.17, 15) is 0 Å². The van der Waals surface area contributed by atoms with Gasteiger partial charge in [-0.3, -0.25) is 0 Å². The first-order valence-corrected chi connectivity index (χ1v) is 11.3. The molecule has 0 amide bonds. The summed E-state index contributed by atoms with van der Waals surface area (Å²) in [6, 6.07) is 8.53. The molecule has 0 aliphatic carbocycles. The highest BCUT2D eigenvalue weighted by Crippen LogP contribution is 2.54. The Morgan fingerprint density at radius 1 is 1.33 bits per heavy atom. The number of halogens is 2. The number of rotatable bonds is 1. The van der Waals surface area contributed by atoms with Crippen molar-refractivity contribution in [3.63, 3.8) is 0 Å². The van der Waals surface area contributed by atoms with Crippen LogP contribution in [-0.4, -0.2) is 10.5 Å². The summed E-state index contributed by atoms with van der Waals surface area (Å²) >= 11 is 7.83. The van der Waals surface area contributed by atoms with E-state index in [-0.39, 0.29) is 0 Å².